The summed E-state index contributed by atoms with van der Waals surface area (Å²) in [5.74, 6) is -0.610. The second-order valence-corrected chi connectivity index (χ2v) is 6.12. The molecule has 0 unspecified atom stereocenters. The van der Waals surface area contributed by atoms with Crippen molar-refractivity contribution in [2.45, 2.75) is 13.5 Å². The van der Waals surface area contributed by atoms with E-state index < -0.39 is 11.8 Å². The van der Waals surface area contributed by atoms with E-state index in [1.165, 1.54) is 0 Å². The first kappa shape index (κ1) is 22.2. The Labute approximate surface area is 173 Å². The van der Waals surface area contributed by atoms with E-state index in [1.807, 2.05) is 13.0 Å². The third-order valence-electron chi connectivity index (χ3n) is 3.86. The fourth-order valence-electron chi connectivity index (χ4n) is 2.40. The van der Waals surface area contributed by atoms with Gasteiger partial charge in [-0.1, -0.05) is 12.1 Å². The lowest BCUT2D eigenvalue weighted by Crippen LogP contribution is -2.33. The van der Waals surface area contributed by atoms with Crippen LogP contribution < -0.4 is 25.8 Å². The molecule has 156 valence electrons. The molecule has 0 radical (unpaired) electrons. The number of ether oxygens (including phenoxy) is 2. The lowest BCUT2D eigenvalue weighted by molar-refractivity contribution is -0.123. The lowest BCUT2D eigenvalue weighted by atomic mass is 10.1. The van der Waals surface area contributed by atoms with Crippen molar-refractivity contribution >= 4 is 17.7 Å². The summed E-state index contributed by atoms with van der Waals surface area (Å²) in [6.45, 7) is 1.99. The topological polar surface area (TPSA) is 144 Å². The zero-order chi connectivity index (χ0) is 21.9. The Kier molecular flexibility index (Phi) is 8.20. The maximum Gasteiger partial charge on any atom is 0.258 e. The molecule has 2 aromatic rings. The summed E-state index contributed by atoms with van der Waals surface area (Å²) >= 11 is 0. The average Bonchev–Trinajstić information content (AvgIpc) is 2.75. The predicted molar refractivity (Wildman–Crippen MR) is 108 cm³/mol. The Bertz CT molecular complexity index is 951. The Morgan fingerprint density at radius 1 is 1.03 bits per heavy atom. The normalized spacial score (nSPS) is 9.87. The molecule has 0 fully saturated rings. The molecule has 0 aromatic heterocycles. The van der Waals surface area contributed by atoms with Gasteiger partial charge in [-0.05, 0) is 36.8 Å². The molecule has 0 atom stereocenters. The first-order valence-corrected chi connectivity index (χ1v) is 9.14. The monoisotopic (exact) mass is 410 g/mol. The van der Waals surface area contributed by atoms with Crippen LogP contribution in [0.25, 0.3) is 0 Å². The molecular weight excluding hydrogens is 388 g/mol. The average molecular weight is 410 g/mol. The van der Waals surface area contributed by atoms with Gasteiger partial charge >= 0.3 is 0 Å². The molecule has 0 bridgehead atoms. The molecule has 0 aliphatic rings. The van der Waals surface area contributed by atoms with Crippen LogP contribution in [0.1, 0.15) is 28.4 Å². The SMILES string of the molecule is CCOc1cc(C#N)ccc1OCC(=O)NCc1ccc(C(=O)NCC(N)=O)cc1. The Balaban J connectivity index is 1.84. The number of benzene rings is 2. The molecule has 2 rings (SSSR count). The Morgan fingerprint density at radius 3 is 2.40 bits per heavy atom. The van der Waals surface area contributed by atoms with Crippen molar-refractivity contribution in [3.05, 3.63) is 59.2 Å². The van der Waals surface area contributed by atoms with Gasteiger partial charge < -0.3 is 25.8 Å². The number of nitriles is 1. The molecule has 3 amide bonds. The second-order valence-electron chi connectivity index (χ2n) is 6.12. The number of rotatable bonds is 10. The zero-order valence-electron chi connectivity index (χ0n) is 16.4. The number of nitrogens with two attached hydrogens (primary N) is 1. The van der Waals surface area contributed by atoms with Gasteiger partial charge in [-0.25, -0.2) is 0 Å². The van der Waals surface area contributed by atoms with Crippen LogP contribution in [0.2, 0.25) is 0 Å². The number of nitrogens with zero attached hydrogens (tertiary/aromatic N) is 1. The van der Waals surface area contributed by atoms with Gasteiger partial charge in [-0.2, -0.15) is 5.26 Å². The van der Waals surface area contributed by atoms with E-state index in [4.69, 9.17) is 20.5 Å². The summed E-state index contributed by atoms with van der Waals surface area (Å²) in [4.78, 5) is 34.6. The number of hydrogen-bond acceptors (Lipinski definition) is 6. The van der Waals surface area contributed by atoms with Gasteiger partial charge in [0.05, 0.1) is 24.8 Å². The van der Waals surface area contributed by atoms with Crippen molar-refractivity contribution in [2.75, 3.05) is 19.8 Å². The molecule has 2 aromatic carbocycles. The van der Waals surface area contributed by atoms with Gasteiger partial charge in [-0.15, -0.1) is 0 Å². The lowest BCUT2D eigenvalue weighted by Gasteiger charge is -2.12. The molecule has 0 aliphatic heterocycles. The summed E-state index contributed by atoms with van der Waals surface area (Å²) in [5, 5.41) is 14.1. The summed E-state index contributed by atoms with van der Waals surface area (Å²) < 4.78 is 10.9. The highest BCUT2D eigenvalue weighted by molar-refractivity contribution is 5.96. The van der Waals surface area contributed by atoms with Crippen LogP contribution in [-0.2, 0) is 16.1 Å². The Hall–Kier alpha value is -4.06. The van der Waals surface area contributed by atoms with E-state index in [9.17, 15) is 14.4 Å². The summed E-state index contributed by atoms with van der Waals surface area (Å²) in [5.41, 5.74) is 6.57. The van der Waals surface area contributed by atoms with E-state index in [1.54, 1.807) is 42.5 Å². The smallest absolute Gasteiger partial charge is 0.258 e. The molecule has 0 heterocycles. The van der Waals surface area contributed by atoms with Crippen molar-refractivity contribution in [1.82, 2.24) is 10.6 Å². The van der Waals surface area contributed by atoms with Crippen molar-refractivity contribution in [3.8, 4) is 17.6 Å². The zero-order valence-corrected chi connectivity index (χ0v) is 16.4. The van der Waals surface area contributed by atoms with Crippen LogP contribution in [0.15, 0.2) is 42.5 Å². The molecule has 0 spiro atoms. The third kappa shape index (κ3) is 6.83. The molecule has 9 heteroatoms. The van der Waals surface area contributed by atoms with E-state index in [2.05, 4.69) is 10.6 Å². The van der Waals surface area contributed by atoms with E-state index in [0.717, 1.165) is 5.56 Å². The highest BCUT2D eigenvalue weighted by Crippen LogP contribution is 2.28. The fourth-order valence-corrected chi connectivity index (χ4v) is 2.40. The summed E-state index contributed by atoms with van der Waals surface area (Å²) in [6.07, 6.45) is 0. The van der Waals surface area contributed by atoms with Crippen molar-refractivity contribution in [2.24, 2.45) is 5.73 Å². The molecule has 0 saturated carbocycles. The minimum absolute atomic E-state index is 0.223. The maximum absolute atomic E-state index is 12.1. The molecular formula is C21H22N4O5. The molecule has 0 aliphatic carbocycles. The van der Waals surface area contributed by atoms with Crippen LogP contribution in [0.3, 0.4) is 0 Å². The van der Waals surface area contributed by atoms with Crippen molar-refractivity contribution < 1.29 is 23.9 Å². The van der Waals surface area contributed by atoms with E-state index >= 15 is 0 Å². The highest BCUT2D eigenvalue weighted by Gasteiger charge is 2.10. The quantitative estimate of drug-likeness (QED) is 0.530. The minimum Gasteiger partial charge on any atom is -0.490 e. The number of primary amides is 1. The Morgan fingerprint density at radius 2 is 1.77 bits per heavy atom. The van der Waals surface area contributed by atoms with Crippen LogP contribution in [-0.4, -0.2) is 37.5 Å². The molecule has 30 heavy (non-hydrogen) atoms. The first-order chi connectivity index (χ1) is 14.4. The number of amides is 3. The summed E-state index contributed by atoms with van der Waals surface area (Å²) in [7, 11) is 0. The highest BCUT2D eigenvalue weighted by atomic mass is 16.5. The third-order valence-corrected chi connectivity index (χ3v) is 3.86. The predicted octanol–water partition coefficient (Wildman–Crippen LogP) is 0.867. The fraction of sp³-hybridized carbons (Fsp3) is 0.238. The molecule has 0 saturated heterocycles. The van der Waals surface area contributed by atoms with E-state index in [-0.39, 0.29) is 25.6 Å². The van der Waals surface area contributed by atoms with Crippen LogP contribution in [0.4, 0.5) is 0 Å². The van der Waals surface area contributed by atoms with Gasteiger partial charge in [0.25, 0.3) is 11.8 Å². The second kappa shape index (κ2) is 11.1. The largest absolute Gasteiger partial charge is 0.490 e. The van der Waals surface area contributed by atoms with Gasteiger partial charge in [0, 0.05) is 18.2 Å². The van der Waals surface area contributed by atoms with Crippen LogP contribution in [0, 0.1) is 11.3 Å². The van der Waals surface area contributed by atoms with Crippen LogP contribution in [0.5, 0.6) is 11.5 Å². The number of nitrogens with one attached hydrogen (secondary N) is 2. The maximum atomic E-state index is 12.1. The van der Waals surface area contributed by atoms with E-state index in [0.29, 0.717) is 29.2 Å². The number of carbonyl (C=O) groups is 3. The number of hydrogen-bond donors (Lipinski definition) is 3. The number of carbonyl (C=O) groups excluding carboxylic acids is 3. The van der Waals surface area contributed by atoms with Crippen molar-refractivity contribution in [1.29, 1.82) is 5.26 Å². The standard InChI is InChI=1S/C21H22N4O5/c1-2-29-18-9-15(10-22)5-8-17(18)30-13-20(27)24-11-14-3-6-16(7-4-14)21(28)25-12-19(23)26/h3-9H,2,11-13H2,1H3,(H2,23,26)(H,24,27)(H,25,28). The van der Waals surface area contributed by atoms with Gasteiger partial charge in [-0.3, -0.25) is 14.4 Å². The first-order valence-electron chi connectivity index (χ1n) is 9.14. The molecule has 9 nitrogen and oxygen atoms in total. The van der Waals surface area contributed by atoms with Crippen molar-refractivity contribution in [3.63, 3.8) is 0 Å². The minimum atomic E-state index is -0.626. The van der Waals surface area contributed by atoms with Gasteiger partial charge in [0.2, 0.25) is 5.91 Å². The van der Waals surface area contributed by atoms with Crippen LogP contribution >= 0.6 is 0 Å². The molecule has 4 N–H and O–H groups in total. The van der Waals surface area contributed by atoms with Gasteiger partial charge in [0.15, 0.2) is 18.1 Å². The summed E-state index contributed by atoms with van der Waals surface area (Å²) in [6, 6.07) is 13.3. The van der Waals surface area contributed by atoms with Gasteiger partial charge in [0.1, 0.15) is 0 Å².